The first-order valence-corrected chi connectivity index (χ1v) is 8.34. The highest BCUT2D eigenvalue weighted by Crippen LogP contribution is 2.35. The van der Waals surface area contributed by atoms with E-state index in [0.29, 0.717) is 36.5 Å². The highest BCUT2D eigenvalue weighted by molar-refractivity contribution is 6.39. The molecule has 2 aliphatic heterocycles. The fourth-order valence-electron chi connectivity index (χ4n) is 3.22. The van der Waals surface area contributed by atoms with Crippen molar-refractivity contribution in [2.45, 2.75) is 25.0 Å². The molecule has 0 bridgehead atoms. The van der Waals surface area contributed by atoms with Gasteiger partial charge >= 0.3 is 0 Å². The van der Waals surface area contributed by atoms with Gasteiger partial charge in [0.15, 0.2) is 5.60 Å². The maximum absolute atomic E-state index is 12.3. The molecule has 0 unspecified atom stereocenters. The van der Waals surface area contributed by atoms with Crippen molar-refractivity contribution in [1.29, 1.82) is 5.26 Å². The molecule has 1 spiro atoms. The predicted molar refractivity (Wildman–Crippen MR) is 92.2 cm³/mol. The summed E-state index contributed by atoms with van der Waals surface area (Å²) in [6, 6.07) is 9.20. The highest BCUT2D eigenvalue weighted by atomic mass is 16.7. The van der Waals surface area contributed by atoms with Crippen molar-refractivity contribution in [3.8, 4) is 6.07 Å². The fourth-order valence-corrected chi connectivity index (χ4v) is 3.22. The molecule has 2 aromatic rings. The first-order chi connectivity index (χ1) is 12.7. The third-order valence-electron chi connectivity index (χ3n) is 4.62. The monoisotopic (exact) mass is 351 g/mol. The van der Waals surface area contributed by atoms with E-state index in [1.165, 1.54) is 0 Å². The molecule has 4 heterocycles. The minimum absolute atomic E-state index is 0.242. The van der Waals surface area contributed by atoms with Gasteiger partial charge in [-0.15, -0.1) is 0 Å². The number of amides is 1. The Morgan fingerprint density at radius 3 is 3.08 bits per heavy atom. The van der Waals surface area contributed by atoms with Gasteiger partial charge < -0.3 is 19.5 Å². The quantitative estimate of drug-likeness (QED) is 0.897. The van der Waals surface area contributed by atoms with E-state index in [9.17, 15) is 4.79 Å². The van der Waals surface area contributed by atoms with Gasteiger partial charge in [-0.3, -0.25) is 4.79 Å². The Kier molecular flexibility index (Phi) is 4.05. The Morgan fingerprint density at radius 1 is 1.42 bits per heavy atom. The number of carbonyl (C=O) groups excluding carboxylic acids is 1. The van der Waals surface area contributed by atoms with Gasteiger partial charge in [-0.05, 0) is 24.3 Å². The minimum Gasteiger partial charge on any atom is -0.467 e. The van der Waals surface area contributed by atoms with Gasteiger partial charge in [-0.1, -0.05) is 5.16 Å². The summed E-state index contributed by atoms with van der Waals surface area (Å²) in [6.45, 7) is 1.68. The van der Waals surface area contributed by atoms with Gasteiger partial charge in [0.25, 0.3) is 5.91 Å². The van der Waals surface area contributed by atoms with Gasteiger partial charge in [0.05, 0.1) is 24.9 Å². The van der Waals surface area contributed by atoms with Crippen molar-refractivity contribution < 1.29 is 14.0 Å². The molecule has 1 N–H and O–H groups in total. The molecule has 8 heteroatoms. The third-order valence-corrected chi connectivity index (χ3v) is 4.62. The normalized spacial score (nSPS) is 21.3. The standard InChI is InChI=1S/C18H17N5O3/c19-9-13-3-4-16(20-10-13)23-6-5-18(12-23)8-15(22-26-18)17(24)21-11-14-2-1-7-25-14/h1-4,7,10H,5-6,8,11-12H2,(H,21,24)/t18-/m1/s1. The van der Waals surface area contributed by atoms with E-state index in [-0.39, 0.29) is 5.91 Å². The van der Waals surface area contributed by atoms with Crippen LogP contribution in [0, 0.1) is 11.3 Å². The van der Waals surface area contributed by atoms with E-state index >= 15 is 0 Å². The Labute approximate surface area is 150 Å². The number of oxime groups is 1. The molecule has 0 aliphatic carbocycles. The maximum atomic E-state index is 12.3. The topological polar surface area (TPSA) is 104 Å². The summed E-state index contributed by atoms with van der Waals surface area (Å²) < 4.78 is 5.20. The summed E-state index contributed by atoms with van der Waals surface area (Å²) in [5.41, 5.74) is 0.428. The number of carbonyl (C=O) groups is 1. The predicted octanol–water partition coefficient (Wildman–Crippen LogP) is 1.59. The number of hydrogen-bond donors (Lipinski definition) is 1. The smallest absolute Gasteiger partial charge is 0.269 e. The second-order valence-electron chi connectivity index (χ2n) is 6.44. The second-order valence-corrected chi connectivity index (χ2v) is 6.44. The molecule has 1 fully saturated rings. The summed E-state index contributed by atoms with van der Waals surface area (Å²) in [6.07, 6.45) is 4.34. The van der Waals surface area contributed by atoms with Crippen LogP contribution in [0.1, 0.15) is 24.2 Å². The fraction of sp³-hybridized carbons (Fsp3) is 0.333. The summed E-state index contributed by atoms with van der Waals surface area (Å²) >= 11 is 0. The van der Waals surface area contributed by atoms with Crippen LogP contribution in [0.15, 0.2) is 46.3 Å². The average molecular weight is 351 g/mol. The molecule has 26 heavy (non-hydrogen) atoms. The summed E-state index contributed by atoms with van der Waals surface area (Å²) in [5.74, 6) is 1.24. The van der Waals surface area contributed by atoms with Gasteiger partial charge in [0.2, 0.25) is 0 Å². The second kappa shape index (κ2) is 6.52. The largest absolute Gasteiger partial charge is 0.467 e. The number of rotatable bonds is 4. The molecule has 1 amide bonds. The molecular formula is C18H17N5O3. The number of nitrogens with zero attached hydrogens (tertiary/aromatic N) is 4. The number of nitriles is 1. The van der Waals surface area contributed by atoms with Crippen LogP contribution in [0.2, 0.25) is 0 Å². The van der Waals surface area contributed by atoms with E-state index < -0.39 is 5.60 Å². The van der Waals surface area contributed by atoms with Crippen molar-refractivity contribution in [1.82, 2.24) is 10.3 Å². The SMILES string of the molecule is N#Cc1ccc(N2CC[C@@]3(CC(C(=O)NCc4ccco4)=NO3)C2)nc1. The molecule has 0 saturated carbocycles. The lowest BCUT2D eigenvalue weighted by atomic mass is 9.96. The number of nitrogens with one attached hydrogen (secondary N) is 1. The van der Waals surface area contributed by atoms with Gasteiger partial charge in [-0.25, -0.2) is 4.98 Å². The highest BCUT2D eigenvalue weighted by Gasteiger charge is 2.47. The van der Waals surface area contributed by atoms with Crippen LogP contribution in [0.5, 0.6) is 0 Å². The molecular weight excluding hydrogens is 334 g/mol. The van der Waals surface area contributed by atoms with Gasteiger partial charge in [0, 0.05) is 25.6 Å². The Morgan fingerprint density at radius 2 is 2.35 bits per heavy atom. The van der Waals surface area contributed by atoms with Crippen LogP contribution < -0.4 is 10.2 Å². The lowest BCUT2D eigenvalue weighted by Crippen LogP contribution is -2.37. The molecule has 8 nitrogen and oxygen atoms in total. The lowest BCUT2D eigenvalue weighted by molar-refractivity contribution is -0.115. The van der Waals surface area contributed by atoms with Crippen LogP contribution in [-0.4, -0.2) is 35.3 Å². The first-order valence-electron chi connectivity index (χ1n) is 8.34. The third kappa shape index (κ3) is 3.11. The van der Waals surface area contributed by atoms with E-state index in [4.69, 9.17) is 14.5 Å². The number of pyridine rings is 1. The number of hydrogen-bond acceptors (Lipinski definition) is 7. The van der Waals surface area contributed by atoms with Crippen molar-refractivity contribution in [3.63, 3.8) is 0 Å². The van der Waals surface area contributed by atoms with E-state index in [2.05, 4.69) is 26.4 Å². The molecule has 0 radical (unpaired) electrons. The van der Waals surface area contributed by atoms with E-state index in [1.807, 2.05) is 6.07 Å². The van der Waals surface area contributed by atoms with Crippen molar-refractivity contribution >= 4 is 17.4 Å². The van der Waals surface area contributed by atoms with Crippen molar-refractivity contribution in [3.05, 3.63) is 48.0 Å². The van der Waals surface area contributed by atoms with Crippen molar-refractivity contribution in [2.24, 2.45) is 5.16 Å². The molecule has 2 aliphatic rings. The first kappa shape index (κ1) is 16.1. The minimum atomic E-state index is -0.493. The molecule has 1 saturated heterocycles. The van der Waals surface area contributed by atoms with Crippen molar-refractivity contribution in [2.75, 3.05) is 18.0 Å². The maximum Gasteiger partial charge on any atom is 0.269 e. The van der Waals surface area contributed by atoms with Gasteiger partial charge in [0.1, 0.15) is 23.4 Å². The zero-order chi connectivity index (χ0) is 18.0. The Balaban J connectivity index is 1.35. The Hall–Kier alpha value is -3.34. The van der Waals surface area contributed by atoms with Gasteiger partial charge in [-0.2, -0.15) is 5.26 Å². The lowest BCUT2D eigenvalue weighted by Gasteiger charge is -2.22. The summed E-state index contributed by atoms with van der Waals surface area (Å²) in [4.78, 5) is 24.3. The van der Waals surface area contributed by atoms with Crippen LogP contribution >= 0.6 is 0 Å². The summed E-state index contributed by atoms with van der Waals surface area (Å²) in [7, 11) is 0. The molecule has 0 aromatic carbocycles. The number of aromatic nitrogens is 1. The van der Waals surface area contributed by atoms with Crippen LogP contribution in [0.4, 0.5) is 5.82 Å². The van der Waals surface area contributed by atoms with Crippen LogP contribution in [0.3, 0.4) is 0 Å². The molecule has 1 atom stereocenters. The van der Waals surface area contributed by atoms with Crippen LogP contribution in [-0.2, 0) is 16.2 Å². The molecule has 4 rings (SSSR count). The molecule has 132 valence electrons. The van der Waals surface area contributed by atoms with Crippen LogP contribution in [0.25, 0.3) is 0 Å². The Bertz CT molecular complexity index is 869. The zero-order valence-corrected chi connectivity index (χ0v) is 14.0. The average Bonchev–Trinajstić information content (AvgIpc) is 3.42. The van der Waals surface area contributed by atoms with E-state index in [1.54, 1.807) is 30.7 Å². The molecule has 2 aromatic heterocycles. The van der Waals surface area contributed by atoms with E-state index in [0.717, 1.165) is 18.8 Å². The number of furan rings is 1. The summed E-state index contributed by atoms with van der Waals surface area (Å²) in [5, 5.41) is 15.7. The number of anilines is 1. The zero-order valence-electron chi connectivity index (χ0n) is 14.0.